The van der Waals surface area contributed by atoms with Crippen LogP contribution in [0.4, 0.5) is 20.7 Å². The Kier molecular flexibility index (Phi) is 5.51. The van der Waals surface area contributed by atoms with E-state index < -0.39 is 5.82 Å². The van der Waals surface area contributed by atoms with Crippen molar-refractivity contribution in [2.24, 2.45) is 0 Å². The van der Waals surface area contributed by atoms with Crippen molar-refractivity contribution in [1.82, 2.24) is 14.9 Å². The third-order valence-corrected chi connectivity index (χ3v) is 5.01. The highest BCUT2D eigenvalue weighted by Gasteiger charge is 2.24. The van der Waals surface area contributed by atoms with Crippen LogP contribution in [-0.2, 0) is 0 Å². The van der Waals surface area contributed by atoms with Crippen LogP contribution in [-0.4, -0.2) is 61.3 Å². The summed E-state index contributed by atoms with van der Waals surface area (Å²) in [5.74, 6) is 0.731. The number of para-hydroxylation sites is 2. The van der Waals surface area contributed by atoms with E-state index in [1.807, 2.05) is 24.3 Å². The lowest BCUT2D eigenvalue weighted by Gasteiger charge is -2.36. The molecule has 4 rings (SSSR count). The van der Waals surface area contributed by atoms with E-state index in [0.717, 1.165) is 11.4 Å². The van der Waals surface area contributed by atoms with Gasteiger partial charge in [-0.2, -0.15) is 0 Å². The number of carbonyl (C=O) groups excluding carboxylic acids is 1. The molecule has 156 valence electrons. The normalized spacial score (nSPS) is 14.0. The number of urea groups is 1. The van der Waals surface area contributed by atoms with Gasteiger partial charge >= 0.3 is 6.03 Å². The van der Waals surface area contributed by atoms with E-state index in [1.54, 1.807) is 12.0 Å². The minimum Gasteiger partial charge on any atom is -0.495 e. The molecule has 1 aliphatic rings. The molecule has 1 saturated heterocycles. The zero-order valence-electron chi connectivity index (χ0n) is 16.8. The smallest absolute Gasteiger partial charge is 0.323 e. The van der Waals surface area contributed by atoms with E-state index >= 15 is 0 Å². The molecule has 1 aromatic heterocycles. The standard InChI is InChI=1S/C21H22FN5O3/c1-29-18-6-4-3-5-17(18)26-9-11-27(12-10-26)21(28)25-19-20(30-2)24-16-13-14(22)7-8-15(16)23-19/h3-8,13H,9-12H2,1-2H3,(H,23,25,28). The molecule has 0 saturated carbocycles. The van der Waals surface area contributed by atoms with Crippen LogP contribution < -0.4 is 19.7 Å². The summed E-state index contributed by atoms with van der Waals surface area (Å²) in [7, 11) is 3.08. The predicted octanol–water partition coefficient (Wildman–Crippen LogP) is 3.14. The number of nitrogens with zero attached hydrogens (tertiary/aromatic N) is 4. The molecule has 3 aromatic rings. The number of fused-ring (bicyclic) bond motifs is 1. The molecule has 0 aliphatic carbocycles. The second-order valence-electron chi connectivity index (χ2n) is 6.79. The predicted molar refractivity (Wildman–Crippen MR) is 112 cm³/mol. The van der Waals surface area contributed by atoms with Crippen molar-refractivity contribution in [3.8, 4) is 11.6 Å². The molecule has 0 radical (unpaired) electrons. The number of nitrogens with one attached hydrogen (secondary N) is 1. The number of ether oxygens (including phenoxy) is 2. The summed E-state index contributed by atoms with van der Waals surface area (Å²) in [6, 6.07) is 11.6. The van der Waals surface area contributed by atoms with E-state index in [-0.39, 0.29) is 17.7 Å². The Labute approximate surface area is 173 Å². The number of aromatic nitrogens is 2. The van der Waals surface area contributed by atoms with Gasteiger partial charge in [0.05, 0.1) is 30.9 Å². The molecule has 0 spiro atoms. The molecule has 30 heavy (non-hydrogen) atoms. The number of piperazine rings is 1. The quantitative estimate of drug-likeness (QED) is 0.711. The number of amides is 2. The maximum absolute atomic E-state index is 13.4. The topological polar surface area (TPSA) is 79.8 Å². The summed E-state index contributed by atoms with van der Waals surface area (Å²) in [6.07, 6.45) is 0. The van der Waals surface area contributed by atoms with Gasteiger partial charge in [-0.25, -0.2) is 19.2 Å². The molecule has 2 heterocycles. The zero-order valence-corrected chi connectivity index (χ0v) is 16.8. The van der Waals surface area contributed by atoms with Gasteiger partial charge in [0, 0.05) is 32.2 Å². The largest absolute Gasteiger partial charge is 0.495 e. The van der Waals surface area contributed by atoms with Crippen molar-refractivity contribution >= 4 is 28.6 Å². The summed E-state index contributed by atoms with van der Waals surface area (Å²) in [6.45, 7) is 2.43. The van der Waals surface area contributed by atoms with Gasteiger partial charge in [0.25, 0.3) is 5.88 Å². The minimum atomic E-state index is -0.413. The van der Waals surface area contributed by atoms with Crippen molar-refractivity contribution in [2.75, 3.05) is 50.6 Å². The molecule has 1 N–H and O–H groups in total. The van der Waals surface area contributed by atoms with Crippen molar-refractivity contribution in [2.45, 2.75) is 0 Å². The fraction of sp³-hybridized carbons (Fsp3) is 0.286. The van der Waals surface area contributed by atoms with Crippen molar-refractivity contribution in [1.29, 1.82) is 0 Å². The van der Waals surface area contributed by atoms with Crippen molar-refractivity contribution < 1.29 is 18.7 Å². The molecule has 0 unspecified atom stereocenters. The first-order valence-corrected chi connectivity index (χ1v) is 9.54. The number of anilines is 2. The molecular weight excluding hydrogens is 389 g/mol. The van der Waals surface area contributed by atoms with E-state index in [2.05, 4.69) is 20.2 Å². The first-order chi connectivity index (χ1) is 14.6. The SMILES string of the molecule is COc1ccccc1N1CCN(C(=O)Nc2nc3ccc(F)cc3nc2OC)CC1. The first kappa shape index (κ1) is 19.7. The fourth-order valence-electron chi connectivity index (χ4n) is 3.46. The van der Waals surface area contributed by atoms with Gasteiger partial charge in [0.2, 0.25) is 0 Å². The monoisotopic (exact) mass is 411 g/mol. The Morgan fingerprint density at radius 3 is 2.50 bits per heavy atom. The second-order valence-corrected chi connectivity index (χ2v) is 6.79. The van der Waals surface area contributed by atoms with Gasteiger partial charge in [-0.15, -0.1) is 0 Å². The van der Waals surface area contributed by atoms with E-state index in [0.29, 0.717) is 37.2 Å². The number of carbonyl (C=O) groups is 1. The number of hydrogen-bond donors (Lipinski definition) is 1. The number of halogens is 1. The maximum Gasteiger partial charge on any atom is 0.323 e. The van der Waals surface area contributed by atoms with Gasteiger partial charge < -0.3 is 19.3 Å². The molecule has 2 aromatic carbocycles. The lowest BCUT2D eigenvalue weighted by atomic mass is 10.2. The lowest BCUT2D eigenvalue weighted by molar-refractivity contribution is 0.208. The molecule has 0 atom stereocenters. The summed E-state index contributed by atoms with van der Waals surface area (Å²) in [5, 5.41) is 2.77. The fourth-order valence-corrected chi connectivity index (χ4v) is 3.46. The van der Waals surface area contributed by atoms with E-state index in [9.17, 15) is 9.18 Å². The highest BCUT2D eigenvalue weighted by molar-refractivity contribution is 5.91. The van der Waals surface area contributed by atoms with Crippen LogP contribution in [0.2, 0.25) is 0 Å². The second kappa shape index (κ2) is 8.40. The summed E-state index contributed by atoms with van der Waals surface area (Å²) in [4.78, 5) is 25.3. The van der Waals surface area contributed by atoms with Gasteiger partial charge in [-0.1, -0.05) is 12.1 Å². The van der Waals surface area contributed by atoms with Crippen molar-refractivity contribution in [3.05, 3.63) is 48.3 Å². The third kappa shape index (κ3) is 3.91. The van der Waals surface area contributed by atoms with Crippen LogP contribution in [0, 0.1) is 5.82 Å². The van der Waals surface area contributed by atoms with Crippen LogP contribution in [0.3, 0.4) is 0 Å². The van der Waals surface area contributed by atoms with E-state index in [4.69, 9.17) is 9.47 Å². The third-order valence-electron chi connectivity index (χ3n) is 5.01. The summed E-state index contributed by atoms with van der Waals surface area (Å²) in [5.41, 5.74) is 1.83. The molecule has 1 fully saturated rings. The van der Waals surface area contributed by atoms with Crippen LogP contribution >= 0.6 is 0 Å². The number of methoxy groups -OCH3 is 2. The Morgan fingerprint density at radius 1 is 1.00 bits per heavy atom. The first-order valence-electron chi connectivity index (χ1n) is 9.54. The molecule has 9 heteroatoms. The molecule has 2 amide bonds. The van der Waals surface area contributed by atoms with Crippen LogP contribution in [0.5, 0.6) is 11.6 Å². The Bertz CT molecular complexity index is 1070. The number of benzene rings is 2. The van der Waals surface area contributed by atoms with Gasteiger partial charge in [-0.05, 0) is 24.3 Å². The maximum atomic E-state index is 13.4. The Balaban J connectivity index is 1.45. The Morgan fingerprint density at radius 2 is 1.77 bits per heavy atom. The van der Waals surface area contributed by atoms with Gasteiger partial charge in [0.15, 0.2) is 5.82 Å². The van der Waals surface area contributed by atoms with Crippen molar-refractivity contribution in [3.63, 3.8) is 0 Å². The average molecular weight is 411 g/mol. The van der Waals surface area contributed by atoms with Crippen LogP contribution in [0.1, 0.15) is 0 Å². The van der Waals surface area contributed by atoms with Crippen LogP contribution in [0.15, 0.2) is 42.5 Å². The zero-order chi connectivity index (χ0) is 21.1. The highest BCUT2D eigenvalue weighted by Crippen LogP contribution is 2.29. The van der Waals surface area contributed by atoms with Crippen LogP contribution in [0.25, 0.3) is 11.0 Å². The highest BCUT2D eigenvalue weighted by atomic mass is 19.1. The number of hydrogen-bond acceptors (Lipinski definition) is 6. The number of rotatable bonds is 4. The summed E-state index contributed by atoms with van der Waals surface area (Å²) >= 11 is 0. The Hall–Kier alpha value is -3.62. The minimum absolute atomic E-state index is 0.133. The molecule has 8 nitrogen and oxygen atoms in total. The average Bonchev–Trinajstić information content (AvgIpc) is 2.78. The molecule has 1 aliphatic heterocycles. The van der Waals surface area contributed by atoms with E-state index in [1.165, 1.54) is 25.3 Å². The summed E-state index contributed by atoms with van der Waals surface area (Å²) < 4.78 is 24.1. The molecule has 0 bridgehead atoms. The van der Waals surface area contributed by atoms with Gasteiger partial charge in [0.1, 0.15) is 11.6 Å². The molecular formula is C21H22FN5O3. The van der Waals surface area contributed by atoms with Gasteiger partial charge in [-0.3, -0.25) is 5.32 Å². The lowest BCUT2D eigenvalue weighted by Crippen LogP contribution is -2.50.